The van der Waals surface area contributed by atoms with Crippen LogP contribution in [0, 0.1) is 18.7 Å². The molecule has 0 radical (unpaired) electrons. The average Bonchev–Trinajstić information content (AvgIpc) is 3.68. The number of anilines is 2. The number of amides is 1. The normalized spacial score (nSPS) is 15.8. The Morgan fingerprint density at radius 3 is 2.95 bits per heavy atom. The summed E-state index contributed by atoms with van der Waals surface area (Å²) in [6.07, 6.45) is 9.74. The van der Waals surface area contributed by atoms with Crippen LogP contribution in [-0.2, 0) is 24.4 Å². The van der Waals surface area contributed by atoms with Crippen LogP contribution in [0.2, 0.25) is 5.02 Å². The van der Waals surface area contributed by atoms with Crippen LogP contribution in [0.3, 0.4) is 0 Å². The lowest BCUT2D eigenvalue weighted by atomic mass is 10.0. The standard InChI is InChI=1S/C29H31ClFN9OS/c1-18-4-3-7-38(13-18)16-23-9-27(42-37-23)36-28-29-33-12-25(40(29)14-19(2)35-28)21-11-34-39(15-21)17-26(41)32-10-20-5-6-22(31)8-24(20)30/h5-6,8-9,11-12,14-15,18H,3-4,7,10,13,16-17H2,1-2H3,(H,32,41)(H,35,36). The topological polar surface area (TPSA) is 105 Å². The number of benzene rings is 1. The number of piperidine rings is 1. The molecule has 0 saturated carbocycles. The number of rotatable bonds is 9. The molecule has 1 aromatic carbocycles. The summed E-state index contributed by atoms with van der Waals surface area (Å²) in [6, 6.07) is 6.18. The molecule has 1 amide bonds. The van der Waals surface area contributed by atoms with Gasteiger partial charge in [-0.25, -0.2) is 14.4 Å². The van der Waals surface area contributed by atoms with Gasteiger partial charge in [-0.05, 0) is 67.5 Å². The number of halogens is 2. The van der Waals surface area contributed by atoms with E-state index in [1.54, 1.807) is 29.3 Å². The molecule has 10 nitrogen and oxygen atoms in total. The highest BCUT2D eigenvalue weighted by atomic mass is 35.5. The van der Waals surface area contributed by atoms with E-state index in [2.05, 4.69) is 43.0 Å². The minimum absolute atomic E-state index is 0.0208. The fourth-order valence-corrected chi connectivity index (χ4v) is 6.16. The molecule has 0 bridgehead atoms. The van der Waals surface area contributed by atoms with Crippen molar-refractivity contribution in [2.45, 2.75) is 46.3 Å². The van der Waals surface area contributed by atoms with E-state index in [0.717, 1.165) is 53.2 Å². The number of hydrogen-bond donors (Lipinski definition) is 2. The minimum Gasteiger partial charge on any atom is -0.350 e. The molecule has 1 aliphatic rings. The Kier molecular flexibility index (Phi) is 8.18. The van der Waals surface area contributed by atoms with E-state index in [-0.39, 0.29) is 24.0 Å². The van der Waals surface area contributed by atoms with Crippen LogP contribution >= 0.6 is 23.1 Å². The Morgan fingerprint density at radius 1 is 1.24 bits per heavy atom. The Bertz CT molecular complexity index is 1730. The maximum absolute atomic E-state index is 13.3. The van der Waals surface area contributed by atoms with Crippen molar-refractivity contribution in [1.29, 1.82) is 0 Å². The molecule has 0 spiro atoms. The van der Waals surface area contributed by atoms with Crippen molar-refractivity contribution >= 4 is 45.5 Å². The second-order valence-electron chi connectivity index (χ2n) is 10.8. The summed E-state index contributed by atoms with van der Waals surface area (Å²) in [7, 11) is 0. The van der Waals surface area contributed by atoms with Crippen molar-refractivity contribution < 1.29 is 9.18 Å². The van der Waals surface area contributed by atoms with E-state index in [0.29, 0.717) is 17.0 Å². The lowest BCUT2D eigenvalue weighted by Gasteiger charge is -2.30. The number of carbonyl (C=O) groups is 1. The van der Waals surface area contributed by atoms with E-state index >= 15 is 0 Å². The maximum Gasteiger partial charge on any atom is 0.241 e. The predicted octanol–water partition coefficient (Wildman–Crippen LogP) is 5.44. The first-order chi connectivity index (χ1) is 20.3. The van der Waals surface area contributed by atoms with Crippen LogP contribution in [0.15, 0.2) is 49.1 Å². The van der Waals surface area contributed by atoms with E-state index in [1.165, 1.54) is 36.5 Å². The Balaban J connectivity index is 1.13. The van der Waals surface area contributed by atoms with Crippen molar-refractivity contribution in [2.24, 2.45) is 5.92 Å². The first kappa shape index (κ1) is 28.3. The fraction of sp³-hybridized carbons (Fsp3) is 0.345. The van der Waals surface area contributed by atoms with E-state index < -0.39 is 5.82 Å². The number of aryl methyl sites for hydroxylation is 1. The first-order valence-corrected chi connectivity index (χ1v) is 15.0. The number of carbonyl (C=O) groups excluding carboxylic acids is 1. The summed E-state index contributed by atoms with van der Waals surface area (Å²) in [4.78, 5) is 24.4. The molecule has 1 aliphatic heterocycles. The Hall–Kier alpha value is -3.87. The van der Waals surface area contributed by atoms with Crippen LogP contribution < -0.4 is 10.6 Å². The third-order valence-electron chi connectivity index (χ3n) is 7.27. The monoisotopic (exact) mass is 607 g/mol. The van der Waals surface area contributed by atoms with E-state index in [4.69, 9.17) is 16.6 Å². The summed E-state index contributed by atoms with van der Waals surface area (Å²) in [6.45, 7) is 7.55. The number of nitrogens with zero attached hydrogens (tertiary/aromatic N) is 7. The van der Waals surface area contributed by atoms with Crippen LogP contribution in [0.1, 0.15) is 36.7 Å². The molecule has 2 N–H and O–H groups in total. The quantitative estimate of drug-likeness (QED) is 0.230. The summed E-state index contributed by atoms with van der Waals surface area (Å²) in [5, 5.41) is 11.8. The molecule has 6 rings (SSSR count). The van der Waals surface area contributed by atoms with E-state index in [1.807, 2.05) is 17.5 Å². The molecule has 13 heteroatoms. The summed E-state index contributed by atoms with van der Waals surface area (Å²) >= 11 is 7.48. The molecule has 42 heavy (non-hydrogen) atoms. The van der Waals surface area contributed by atoms with Crippen LogP contribution in [0.4, 0.5) is 15.2 Å². The van der Waals surface area contributed by atoms with Crippen LogP contribution in [-0.4, -0.2) is 52.4 Å². The van der Waals surface area contributed by atoms with Gasteiger partial charge in [0.25, 0.3) is 0 Å². The van der Waals surface area contributed by atoms with Crippen molar-refractivity contribution in [3.63, 3.8) is 0 Å². The largest absolute Gasteiger partial charge is 0.350 e. The average molecular weight is 608 g/mol. The molecule has 5 heterocycles. The maximum atomic E-state index is 13.3. The smallest absolute Gasteiger partial charge is 0.241 e. The van der Waals surface area contributed by atoms with Crippen LogP contribution in [0.5, 0.6) is 0 Å². The Morgan fingerprint density at radius 2 is 2.12 bits per heavy atom. The number of imidazole rings is 1. The van der Waals surface area contributed by atoms with Crippen molar-refractivity contribution in [2.75, 3.05) is 18.4 Å². The fourth-order valence-electron chi connectivity index (χ4n) is 5.27. The van der Waals surface area contributed by atoms with Gasteiger partial charge in [0.1, 0.15) is 17.4 Å². The number of likely N-dealkylation sites (tertiary alicyclic amines) is 1. The molecule has 5 aromatic rings. The second kappa shape index (κ2) is 12.2. The lowest BCUT2D eigenvalue weighted by Crippen LogP contribution is -2.33. The molecule has 1 atom stereocenters. The SMILES string of the molecule is Cc1cn2c(-c3cnn(CC(=O)NCc4ccc(F)cc4Cl)c3)cnc2c(Nc2cc(CN3CCCC(C)C3)ns2)n1. The van der Waals surface area contributed by atoms with Crippen molar-refractivity contribution in [1.82, 2.24) is 38.7 Å². The molecular weight excluding hydrogens is 577 g/mol. The minimum atomic E-state index is -0.420. The molecule has 1 unspecified atom stereocenters. The molecule has 0 aliphatic carbocycles. The van der Waals surface area contributed by atoms with Crippen LogP contribution in [0.25, 0.3) is 16.9 Å². The predicted molar refractivity (Wildman–Crippen MR) is 161 cm³/mol. The van der Waals surface area contributed by atoms with Gasteiger partial charge < -0.3 is 10.6 Å². The molecule has 218 valence electrons. The summed E-state index contributed by atoms with van der Waals surface area (Å²) in [5.41, 5.74) is 4.83. The lowest BCUT2D eigenvalue weighted by molar-refractivity contribution is -0.122. The first-order valence-electron chi connectivity index (χ1n) is 13.8. The van der Waals surface area contributed by atoms with Gasteiger partial charge in [-0.15, -0.1) is 0 Å². The van der Waals surface area contributed by atoms with Gasteiger partial charge in [-0.2, -0.15) is 9.47 Å². The number of nitrogens with one attached hydrogen (secondary N) is 2. The van der Waals surface area contributed by atoms with Gasteiger partial charge >= 0.3 is 0 Å². The van der Waals surface area contributed by atoms with Gasteiger partial charge in [0.15, 0.2) is 11.5 Å². The second-order valence-corrected chi connectivity index (χ2v) is 12.0. The van der Waals surface area contributed by atoms with Crippen molar-refractivity contribution in [3.8, 4) is 11.3 Å². The zero-order valence-electron chi connectivity index (χ0n) is 23.3. The molecule has 1 fully saturated rings. The highest BCUT2D eigenvalue weighted by Crippen LogP contribution is 2.28. The highest BCUT2D eigenvalue weighted by Gasteiger charge is 2.19. The Labute approximate surface area is 251 Å². The summed E-state index contributed by atoms with van der Waals surface area (Å²) < 4.78 is 21.5. The molecular formula is C29H31ClFN9OS. The van der Waals surface area contributed by atoms with E-state index in [9.17, 15) is 9.18 Å². The van der Waals surface area contributed by atoms with Gasteiger partial charge in [0, 0.05) is 42.6 Å². The number of hydrogen-bond acceptors (Lipinski definition) is 8. The van der Waals surface area contributed by atoms with Gasteiger partial charge in [0.2, 0.25) is 5.91 Å². The number of fused-ring (bicyclic) bond motifs is 1. The number of aromatic nitrogens is 6. The van der Waals surface area contributed by atoms with Gasteiger partial charge in [-0.3, -0.25) is 18.8 Å². The highest BCUT2D eigenvalue weighted by molar-refractivity contribution is 7.10. The zero-order chi connectivity index (χ0) is 29.2. The molecule has 1 saturated heterocycles. The third-order valence-corrected chi connectivity index (χ3v) is 8.36. The van der Waals surface area contributed by atoms with Gasteiger partial charge in [0.05, 0.1) is 29.5 Å². The summed E-state index contributed by atoms with van der Waals surface area (Å²) in [5.74, 6) is 0.713. The zero-order valence-corrected chi connectivity index (χ0v) is 24.9. The van der Waals surface area contributed by atoms with Gasteiger partial charge in [-0.1, -0.05) is 24.6 Å². The molecule has 4 aromatic heterocycles. The third kappa shape index (κ3) is 6.45. The van der Waals surface area contributed by atoms with Crippen molar-refractivity contribution in [3.05, 3.63) is 76.8 Å².